The maximum absolute atomic E-state index is 13.4. The van der Waals surface area contributed by atoms with Crippen molar-refractivity contribution in [2.24, 2.45) is 0 Å². The fraction of sp³-hybridized carbons (Fsp3) is 0.190. The summed E-state index contributed by atoms with van der Waals surface area (Å²) in [6.07, 6.45) is 0.315. The van der Waals surface area contributed by atoms with E-state index in [1.165, 1.54) is 37.4 Å². The highest BCUT2D eigenvalue weighted by molar-refractivity contribution is 5.92. The molecule has 0 spiro atoms. The molecule has 3 aromatic rings. The molecule has 3 rings (SSSR count). The minimum atomic E-state index is -0.770. The zero-order valence-electron chi connectivity index (χ0n) is 15.3. The lowest BCUT2D eigenvalue weighted by Crippen LogP contribution is -2.11. The van der Waals surface area contributed by atoms with Gasteiger partial charge in [-0.05, 0) is 48.7 Å². The van der Waals surface area contributed by atoms with Crippen molar-refractivity contribution in [3.63, 3.8) is 0 Å². The van der Waals surface area contributed by atoms with Crippen molar-refractivity contribution in [1.82, 2.24) is 0 Å². The van der Waals surface area contributed by atoms with Crippen molar-refractivity contribution in [2.45, 2.75) is 19.8 Å². The van der Waals surface area contributed by atoms with Crippen LogP contribution < -0.4 is 10.4 Å². The van der Waals surface area contributed by atoms with Crippen LogP contribution >= 0.6 is 0 Å². The molecule has 144 valence electrons. The van der Waals surface area contributed by atoms with Gasteiger partial charge < -0.3 is 13.9 Å². The summed E-state index contributed by atoms with van der Waals surface area (Å²) in [7, 11) is 1.28. The van der Waals surface area contributed by atoms with E-state index in [1.807, 2.05) is 0 Å². The molecular weight excluding hydrogens is 367 g/mol. The van der Waals surface area contributed by atoms with Crippen molar-refractivity contribution < 1.29 is 27.9 Å². The maximum atomic E-state index is 13.4. The number of hydrogen-bond donors (Lipinski definition) is 0. The number of esters is 2. The number of carbonyl (C=O) groups excluding carboxylic acids is 2. The molecule has 0 unspecified atom stereocenters. The summed E-state index contributed by atoms with van der Waals surface area (Å²) in [5.41, 5.74) is 0.987. The number of rotatable bonds is 5. The summed E-state index contributed by atoms with van der Waals surface area (Å²) >= 11 is 0. The average Bonchev–Trinajstić information content (AvgIpc) is 2.66. The van der Waals surface area contributed by atoms with E-state index in [1.54, 1.807) is 13.0 Å². The number of halogens is 1. The first kappa shape index (κ1) is 19.3. The van der Waals surface area contributed by atoms with Gasteiger partial charge in [-0.3, -0.25) is 4.79 Å². The first-order valence-electron chi connectivity index (χ1n) is 8.49. The molecule has 0 aliphatic carbocycles. The van der Waals surface area contributed by atoms with Crippen LogP contribution in [0.5, 0.6) is 5.75 Å². The number of methoxy groups -OCH3 is 1. The van der Waals surface area contributed by atoms with Crippen molar-refractivity contribution >= 4 is 22.9 Å². The van der Waals surface area contributed by atoms with Gasteiger partial charge in [-0.15, -0.1) is 0 Å². The summed E-state index contributed by atoms with van der Waals surface area (Å²) in [5.74, 6) is -1.63. The van der Waals surface area contributed by atoms with Gasteiger partial charge in [0.1, 0.15) is 17.1 Å². The van der Waals surface area contributed by atoms with Crippen LogP contribution in [0.15, 0.2) is 51.7 Å². The minimum Gasteiger partial charge on any atom is -0.469 e. The lowest BCUT2D eigenvalue weighted by atomic mass is 10.0. The Morgan fingerprint density at radius 2 is 1.93 bits per heavy atom. The third-order valence-corrected chi connectivity index (χ3v) is 4.22. The second-order valence-corrected chi connectivity index (χ2v) is 6.18. The van der Waals surface area contributed by atoms with E-state index in [9.17, 15) is 18.8 Å². The Labute approximate surface area is 159 Å². The second-order valence-electron chi connectivity index (χ2n) is 6.18. The van der Waals surface area contributed by atoms with Gasteiger partial charge in [0, 0.05) is 23.9 Å². The van der Waals surface area contributed by atoms with Crippen LogP contribution in [0.3, 0.4) is 0 Å². The molecule has 0 aliphatic heterocycles. The summed E-state index contributed by atoms with van der Waals surface area (Å²) < 4.78 is 28.6. The fourth-order valence-electron chi connectivity index (χ4n) is 2.79. The van der Waals surface area contributed by atoms with Crippen molar-refractivity contribution in [3.05, 3.63) is 75.4 Å². The Balaban J connectivity index is 2.03. The zero-order chi connectivity index (χ0) is 20.3. The molecule has 0 fully saturated rings. The topological polar surface area (TPSA) is 82.8 Å². The zero-order valence-corrected chi connectivity index (χ0v) is 15.3. The van der Waals surface area contributed by atoms with Crippen LogP contribution in [0.2, 0.25) is 0 Å². The van der Waals surface area contributed by atoms with Gasteiger partial charge in [0.15, 0.2) is 0 Å². The quantitative estimate of drug-likeness (QED) is 0.380. The van der Waals surface area contributed by atoms with Crippen LogP contribution in [0.4, 0.5) is 4.39 Å². The lowest BCUT2D eigenvalue weighted by molar-refractivity contribution is -0.140. The molecule has 1 aromatic heterocycles. The number of ether oxygens (including phenoxy) is 2. The van der Waals surface area contributed by atoms with E-state index < -0.39 is 23.4 Å². The monoisotopic (exact) mass is 384 g/mol. The van der Waals surface area contributed by atoms with Gasteiger partial charge in [0.05, 0.1) is 12.7 Å². The molecule has 2 aromatic carbocycles. The largest absolute Gasteiger partial charge is 0.469 e. The van der Waals surface area contributed by atoms with Crippen LogP contribution in [0, 0.1) is 12.7 Å². The Bertz CT molecular complexity index is 1120. The fourth-order valence-corrected chi connectivity index (χ4v) is 2.79. The van der Waals surface area contributed by atoms with E-state index >= 15 is 0 Å². The first-order chi connectivity index (χ1) is 13.4. The van der Waals surface area contributed by atoms with Gasteiger partial charge in [-0.2, -0.15) is 0 Å². The molecule has 0 amide bonds. The normalized spacial score (nSPS) is 10.7. The number of hydrogen-bond acceptors (Lipinski definition) is 6. The van der Waals surface area contributed by atoms with Crippen molar-refractivity contribution in [1.29, 1.82) is 0 Å². The first-order valence-corrected chi connectivity index (χ1v) is 8.49. The molecule has 0 bridgehead atoms. The van der Waals surface area contributed by atoms with E-state index in [0.717, 1.165) is 6.07 Å². The number of carbonyl (C=O) groups is 2. The Kier molecular flexibility index (Phi) is 5.54. The highest BCUT2D eigenvalue weighted by Crippen LogP contribution is 2.29. The summed E-state index contributed by atoms with van der Waals surface area (Å²) in [4.78, 5) is 35.6. The van der Waals surface area contributed by atoms with Gasteiger partial charge in [0.25, 0.3) is 0 Å². The predicted molar refractivity (Wildman–Crippen MR) is 98.9 cm³/mol. The molecule has 28 heavy (non-hydrogen) atoms. The molecule has 0 aliphatic rings. The van der Waals surface area contributed by atoms with E-state index in [0.29, 0.717) is 16.5 Å². The summed E-state index contributed by atoms with van der Waals surface area (Å²) in [5, 5.41) is 0.657. The molecule has 0 radical (unpaired) electrons. The van der Waals surface area contributed by atoms with Crippen molar-refractivity contribution in [3.8, 4) is 5.75 Å². The maximum Gasteiger partial charge on any atom is 0.343 e. The van der Waals surface area contributed by atoms with Gasteiger partial charge in [-0.25, -0.2) is 14.0 Å². The highest BCUT2D eigenvalue weighted by Gasteiger charge is 2.16. The van der Waals surface area contributed by atoms with Crippen LogP contribution in [0.1, 0.15) is 27.9 Å². The standard InChI is InChI=1S/C21H17FO6/c1-12-8-20(24)27-18-11-17(13(10-16(12)18)6-7-19(23)26-2)28-21(25)14-4-3-5-15(22)9-14/h3-5,8-11H,6-7H2,1-2H3. The molecule has 6 nitrogen and oxygen atoms in total. The van der Waals surface area contributed by atoms with Gasteiger partial charge in [0.2, 0.25) is 0 Å². The molecule has 0 N–H and O–H groups in total. The minimum absolute atomic E-state index is 0.0321. The Hall–Kier alpha value is -3.48. The third-order valence-electron chi connectivity index (χ3n) is 4.22. The average molecular weight is 384 g/mol. The highest BCUT2D eigenvalue weighted by atomic mass is 19.1. The smallest absolute Gasteiger partial charge is 0.343 e. The number of fused-ring (bicyclic) bond motifs is 1. The molecular formula is C21H17FO6. The molecule has 1 heterocycles. The molecule has 0 atom stereocenters. The second kappa shape index (κ2) is 8.04. The van der Waals surface area contributed by atoms with Crippen molar-refractivity contribution in [2.75, 3.05) is 7.11 Å². The predicted octanol–water partition coefficient (Wildman–Crippen LogP) is 3.57. The van der Waals surface area contributed by atoms with Gasteiger partial charge >= 0.3 is 17.6 Å². The van der Waals surface area contributed by atoms with Crippen LogP contribution in [0.25, 0.3) is 11.0 Å². The Morgan fingerprint density at radius 1 is 1.14 bits per heavy atom. The SMILES string of the molecule is COC(=O)CCc1cc2c(C)cc(=O)oc2cc1OC(=O)c1cccc(F)c1. The van der Waals surface area contributed by atoms with E-state index in [2.05, 4.69) is 4.74 Å². The number of benzene rings is 2. The molecule has 0 saturated heterocycles. The third kappa shape index (κ3) is 4.25. The van der Waals surface area contributed by atoms with E-state index in [-0.39, 0.29) is 29.7 Å². The lowest BCUT2D eigenvalue weighted by Gasteiger charge is -2.12. The summed E-state index contributed by atoms with van der Waals surface area (Å²) in [6.45, 7) is 1.75. The van der Waals surface area contributed by atoms with Crippen LogP contribution in [-0.2, 0) is 16.0 Å². The molecule has 7 heteroatoms. The number of aryl methyl sites for hydroxylation is 2. The summed E-state index contributed by atoms with van der Waals surface area (Å²) in [6, 6.07) is 9.56. The van der Waals surface area contributed by atoms with E-state index in [4.69, 9.17) is 9.15 Å². The van der Waals surface area contributed by atoms with Crippen LogP contribution in [-0.4, -0.2) is 19.0 Å². The Morgan fingerprint density at radius 3 is 2.64 bits per heavy atom. The van der Waals surface area contributed by atoms with Gasteiger partial charge in [-0.1, -0.05) is 6.07 Å². The molecule has 0 saturated carbocycles.